The minimum absolute atomic E-state index is 0.182. The number of carbonyl (C=O) groups excluding carboxylic acids is 1. The second-order valence-corrected chi connectivity index (χ2v) is 8.17. The molecule has 166 valence electrons. The van der Waals surface area contributed by atoms with Gasteiger partial charge in [0.15, 0.2) is 6.10 Å². The number of nitrogens with zero attached hydrogens (tertiary/aromatic N) is 1. The quantitative estimate of drug-likeness (QED) is 0.366. The average molecular weight is 427 g/mol. The number of ether oxygens (including phenoxy) is 1. The van der Waals surface area contributed by atoms with Crippen LogP contribution in [0.3, 0.4) is 0 Å². The Hall–Kier alpha value is -2.77. The zero-order valence-electron chi connectivity index (χ0n) is 17.7. The first kappa shape index (κ1) is 22.9. The van der Waals surface area contributed by atoms with Crippen LogP contribution in [0.1, 0.15) is 67.4 Å². The molecule has 0 aliphatic heterocycles. The van der Waals surface area contributed by atoms with Crippen LogP contribution in [0.2, 0.25) is 0 Å². The van der Waals surface area contributed by atoms with Gasteiger partial charge in [0.1, 0.15) is 0 Å². The number of benzene rings is 2. The fourth-order valence-electron chi connectivity index (χ4n) is 4.35. The van der Waals surface area contributed by atoms with E-state index in [0.29, 0.717) is 11.1 Å². The highest BCUT2D eigenvalue weighted by Gasteiger charge is 2.33. The van der Waals surface area contributed by atoms with Gasteiger partial charge in [-0.3, -0.25) is 14.9 Å². The number of nitro benzene ring substituents is 1. The second kappa shape index (κ2) is 10.5. The van der Waals surface area contributed by atoms with E-state index in [1.165, 1.54) is 18.6 Å². The van der Waals surface area contributed by atoms with Gasteiger partial charge in [-0.25, -0.2) is 0 Å². The fraction of sp³-hybridized carbons (Fsp3) is 0.458. The van der Waals surface area contributed by atoms with Crippen molar-refractivity contribution in [3.8, 4) is 0 Å². The average Bonchev–Trinajstić information content (AvgIpc) is 2.82. The Labute approximate surface area is 181 Å². The Morgan fingerprint density at radius 1 is 1.10 bits per heavy atom. The van der Waals surface area contributed by atoms with E-state index in [4.69, 9.17) is 4.74 Å². The van der Waals surface area contributed by atoms with E-state index in [9.17, 15) is 25.1 Å². The molecule has 0 bridgehead atoms. The van der Waals surface area contributed by atoms with Gasteiger partial charge in [-0.05, 0) is 41.5 Å². The first-order chi connectivity index (χ1) is 15.0. The van der Waals surface area contributed by atoms with E-state index in [-0.39, 0.29) is 34.6 Å². The van der Waals surface area contributed by atoms with Crippen LogP contribution in [0.4, 0.5) is 5.69 Å². The van der Waals surface area contributed by atoms with Gasteiger partial charge >= 0.3 is 5.97 Å². The van der Waals surface area contributed by atoms with Crippen LogP contribution in [0.15, 0.2) is 42.5 Å². The summed E-state index contributed by atoms with van der Waals surface area (Å²) in [6, 6.07) is 11.6. The van der Waals surface area contributed by atoms with Crippen molar-refractivity contribution in [2.75, 3.05) is 0 Å². The summed E-state index contributed by atoms with van der Waals surface area (Å²) in [6.07, 6.45) is 4.34. The third-order valence-corrected chi connectivity index (χ3v) is 6.23. The van der Waals surface area contributed by atoms with E-state index < -0.39 is 24.2 Å². The summed E-state index contributed by atoms with van der Waals surface area (Å²) in [5, 5.41) is 31.1. The molecule has 2 unspecified atom stereocenters. The Kier molecular flexibility index (Phi) is 7.76. The van der Waals surface area contributed by atoms with Gasteiger partial charge < -0.3 is 14.9 Å². The van der Waals surface area contributed by atoms with Crippen molar-refractivity contribution < 1.29 is 24.7 Å². The summed E-state index contributed by atoms with van der Waals surface area (Å²) >= 11 is 0. The van der Waals surface area contributed by atoms with Crippen LogP contribution in [0.5, 0.6) is 0 Å². The van der Waals surface area contributed by atoms with Crippen LogP contribution in [-0.2, 0) is 22.7 Å². The number of hydrogen-bond donors (Lipinski definition) is 2. The summed E-state index contributed by atoms with van der Waals surface area (Å²) in [4.78, 5) is 24.3. The van der Waals surface area contributed by atoms with E-state index in [1.54, 1.807) is 24.3 Å². The molecule has 0 radical (unpaired) electrons. The largest absolute Gasteiger partial charge is 0.452 e. The smallest absolute Gasteiger partial charge is 0.309 e. The first-order valence-electron chi connectivity index (χ1n) is 10.7. The number of nitro groups is 1. The fourth-order valence-corrected chi connectivity index (χ4v) is 4.35. The zero-order valence-corrected chi connectivity index (χ0v) is 17.7. The van der Waals surface area contributed by atoms with Crippen LogP contribution < -0.4 is 0 Å². The first-order valence-corrected chi connectivity index (χ1v) is 10.7. The molecule has 2 N–H and O–H groups in total. The summed E-state index contributed by atoms with van der Waals surface area (Å²) in [5.74, 6) is -0.441. The number of rotatable bonds is 8. The number of carbonyl (C=O) groups is 1. The summed E-state index contributed by atoms with van der Waals surface area (Å²) < 4.78 is 5.91. The van der Waals surface area contributed by atoms with Crippen LogP contribution >= 0.6 is 0 Å². The third kappa shape index (κ3) is 5.29. The molecular formula is C24H29NO6. The highest BCUT2D eigenvalue weighted by molar-refractivity contribution is 5.73. The standard InChI is InChI=1S/C24H29NO6/c1-16(17-8-4-2-5-9-17)24(28)31-23(18-10-6-3-7-11-18)21-12-19(14-26)20(15-27)13-22(21)25(29)30/h3,6-7,10-13,16-17,23,26-27H,2,4-5,8-9,14-15H2,1H3. The van der Waals surface area contributed by atoms with E-state index in [1.807, 2.05) is 13.0 Å². The molecule has 2 aromatic carbocycles. The number of aliphatic hydroxyl groups excluding tert-OH is 2. The number of esters is 1. The molecule has 0 amide bonds. The van der Waals surface area contributed by atoms with E-state index >= 15 is 0 Å². The highest BCUT2D eigenvalue weighted by Crippen LogP contribution is 2.37. The molecule has 1 aliphatic carbocycles. The van der Waals surface area contributed by atoms with Crippen LogP contribution in [-0.4, -0.2) is 21.1 Å². The highest BCUT2D eigenvalue weighted by atomic mass is 16.6. The SMILES string of the molecule is CC(C(=O)OC(c1ccccc1)c1cc(CO)c(CO)cc1[N+](=O)[O-])C1CCCCC1. The van der Waals surface area contributed by atoms with Gasteiger partial charge in [0, 0.05) is 6.07 Å². The van der Waals surface area contributed by atoms with E-state index in [0.717, 1.165) is 25.7 Å². The predicted molar refractivity (Wildman–Crippen MR) is 115 cm³/mol. The molecule has 31 heavy (non-hydrogen) atoms. The maximum absolute atomic E-state index is 13.1. The lowest BCUT2D eigenvalue weighted by Crippen LogP contribution is -2.27. The van der Waals surface area contributed by atoms with Crippen LogP contribution in [0.25, 0.3) is 0 Å². The van der Waals surface area contributed by atoms with Crippen molar-refractivity contribution in [3.63, 3.8) is 0 Å². The minimum atomic E-state index is -0.988. The van der Waals surface area contributed by atoms with Gasteiger partial charge in [0.2, 0.25) is 0 Å². The Balaban J connectivity index is 2.02. The molecule has 0 spiro atoms. The minimum Gasteiger partial charge on any atom is -0.452 e. The van der Waals surface area contributed by atoms with Crippen molar-refractivity contribution in [3.05, 3.63) is 74.8 Å². The molecule has 1 fully saturated rings. The lowest BCUT2D eigenvalue weighted by Gasteiger charge is -2.28. The monoisotopic (exact) mass is 427 g/mol. The van der Waals surface area contributed by atoms with E-state index in [2.05, 4.69) is 0 Å². The number of hydrogen-bond acceptors (Lipinski definition) is 6. The molecule has 2 aromatic rings. The van der Waals surface area contributed by atoms with Gasteiger partial charge in [0.25, 0.3) is 5.69 Å². The lowest BCUT2D eigenvalue weighted by molar-refractivity contribution is -0.386. The predicted octanol–water partition coefficient (Wildman–Crippen LogP) is 4.43. The Morgan fingerprint density at radius 3 is 2.29 bits per heavy atom. The number of aliphatic hydroxyl groups is 2. The third-order valence-electron chi connectivity index (χ3n) is 6.23. The molecule has 7 nitrogen and oxygen atoms in total. The van der Waals surface area contributed by atoms with Crippen molar-refractivity contribution in [2.45, 2.75) is 58.3 Å². The summed E-state index contributed by atoms with van der Waals surface area (Å²) in [5.41, 5.74) is 1.16. The molecule has 0 saturated heterocycles. The maximum atomic E-state index is 13.1. The molecule has 0 heterocycles. The molecule has 2 atom stereocenters. The van der Waals surface area contributed by atoms with Crippen molar-refractivity contribution in [1.29, 1.82) is 0 Å². The zero-order chi connectivity index (χ0) is 22.4. The van der Waals surface area contributed by atoms with Crippen molar-refractivity contribution in [2.24, 2.45) is 11.8 Å². The molecular weight excluding hydrogens is 398 g/mol. The summed E-state index contributed by atoms with van der Waals surface area (Å²) in [7, 11) is 0. The maximum Gasteiger partial charge on any atom is 0.309 e. The second-order valence-electron chi connectivity index (χ2n) is 8.17. The molecule has 7 heteroatoms. The molecule has 3 rings (SSSR count). The van der Waals surface area contributed by atoms with Gasteiger partial charge in [0.05, 0.1) is 29.6 Å². The van der Waals surface area contributed by atoms with Gasteiger partial charge in [-0.1, -0.05) is 56.5 Å². The van der Waals surface area contributed by atoms with Crippen molar-refractivity contribution >= 4 is 11.7 Å². The summed E-state index contributed by atoms with van der Waals surface area (Å²) in [6.45, 7) is 1.03. The molecule has 1 aliphatic rings. The molecule has 1 saturated carbocycles. The Morgan fingerprint density at radius 2 is 1.71 bits per heavy atom. The van der Waals surface area contributed by atoms with Gasteiger partial charge in [-0.2, -0.15) is 0 Å². The molecule has 0 aromatic heterocycles. The van der Waals surface area contributed by atoms with Crippen molar-refractivity contribution in [1.82, 2.24) is 0 Å². The Bertz CT molecular complexity index is 908. The van der Waals surface area contributed by atoms with Crippen LogP contribution in [0, 0.1) is 22.0 Å². The lowest BCUT2D eigenvalue weighted by atomic mass is 9.81. The topological polar surface area (TPSA) is 110 Å². The van der Waals surface area contributed by atoms with Gasteiger partial charge in [-0.15, -0.1) is 0 Å². The normalized spacial score (nSPS) is 16.5.